The normalized spacial score (nSPS) is 28.3. The third-order valence-corrected chi connectivity index (χ3v) is 4.80. The van der Waals surface area contributed by atoms with Crippen LogP contribution in [0.4, 0.5) is 0 Å². The molecular weight excluding hydrogens is 240 g/mol. The maximum Gasteiger partial charge on any atom is 0.221 e. The Morgan fingerprint density at radius 1 is 1.32 bits per heavy atom. The van der Waals surface area contributed by atoms with Gasteiger partial charge in [0.15, 0.2) is 0 Å². The molecule has 2 atom stereocenters. The smallest absolute Gasteiger partial charge is 0.221 e. The maximum absolute atomic E-state index is 11.4. The van der Waals surface area contributed by atoms with Crippen molar-refractivity contribution >= 4 is 5.91 Å². The van der Waals surface area contributed by atoms with Crippen molar-refractivity contribution in [1.82, 2.24) is 10.6 Å². The van der Waals surface area contributed by atoms with E-state index in [0.29, 0.717) is 24.0 Å². The lowest BCUT2D eigenvalue weighted by Crippen LogP contribution is -2.62. The Bertz CT molecular complexity index is 301. The summed E-state index contributed by atoms with van der Waals surface area (Å²) in [6.45, 7) is 6.36. The number of ether oxygens (including phenoxy) is 1. The van der Waals surface area contributed by atoms with E-state index >= 15 is 0 Å². The Balaban J connectivity index is 1.76. The molecule has 0 saturated heterocycles. The van der Waals surface area contributed by atoms with Crippen molar-refractivity contribution in [3.05, 3.63) is 0 Å². The first-order valence-electron chi connectivity index (χ1n) is 7.84. The van der Waals surface area contributed by atoms with E-state index in [-0.39, 0.29) is 5.91 Å². The summed E-state index contributed by atoms with van der Waals surface area (Å²) in [5.41, 5.74) is 0.372. The van der Waals surface area contributed by atoms with Crippen LogP contribution in [0.15, 0.2) is 0 Å². The average molecular weight is 268 g/mol. The zero-order valence-electron chi connectivity index (χ0n) is 12.3. The van der Waals surface area contributed by atoms with Crippen molar-refractivity contribution in [3.8, 4) is 0 Å². The SMILES string of the molecule is CCNC(=O)CCNC1CC(OCC)C12CCCC2. The fraction of sp³-hybridized carbons (Fsp3) is 0.933. The highest BCUT2D eigenvalue weighted by molar-refractivity contribution is 5.75. The van der Waals surface area contributed by atoms with Gasteiger partial charge in [0.2, 0.25) is 5.91 Å². The van der Waals surface area contributed by atoms with Gasteiger partial charge in [-0.1, -0.05) is 12.8 Å². The highest BCUT2D eigenvalue weighted by atomic mass is 16.5. The predicted molar refractivity (Wildman–Crippen MR) is 76.0 cm³/mol. The summed E-state index contributed by atoms with van der Waals surface area (Å²) >= 11 is 0. The first kappa shape index (κ1) is 14.8. The van der Waals surface area contributed by atoms with Crippen molar-refractivity contribution in [3.63, 3.8) is 0 Å². The number of carbonyl (C=O) groups excluding carboxylic acids is 1. The van der Waals surface area contributed by atoms with Crippen LogP contribution < -0.4 is 10.6 Å². The molecule has 4 nitrogen and oxygen atoms in total. The van der Waals surface area contributed by atoms with Gasteiger partial charge in [-0.15, -0.1) is 0 Å². The second-order valence-electron chi connectivity index (χ2n) is 5.83. The number of hydrogen-bond acceptors (Lipinski definition) is 3. The second-order valence-corrected chi connectivity index (χ2v) is 5.83. The summed E-state index contributed by atoms with van der Waals surface area (Å²) in [5, 5.41) is 6.43. The number of rotatable bonds is 7. The third kappa shape index (κ3) is 3.11. The molecule has 2 unspecified atom stereocenters. The molecule has 19 heavy (non-hydrogen) atoms. The van der Waals surface area contributed by atoms with Crippen molar-refractivity contribution in [2.45, 2.75) is 64.5 Å². The molecule has 2 N–H and O–H groups in total. The molecular formula is C15H28N2O2. The molecule has 0 radical (unpaired) electrons. The molecule has 0 aromatic heterocycles. The number of amides is 1. The summed E-state index contributed by atoms with van der Waals surface area (Å²) in [6, 6.07) is 0.556. The van der Waals surface area contributed by atoms with Crippen LogP contribution in [0.1, 0.15) is 52.4 Å². The summed E-state index contributed by atoms with van der Waals surface area (Å²) in [7, 11) is 0. The summed E-state index contributed by atoms with van der Waals surface area (Å²) in [5.74, 6) is 0.149. The van der Waals surface area contributed by atoms with Gasteiger partial charge in [0.1, 0.15) is 0 Å². The van der Waals surface area contributed by atoms with Crippen LogP contribution in [0.5, 0.6) is 0 Å². The quantitative estimate of drug-likeness (QED) is 0.741. The molecule has 2 fully saturated rings. The first-order valence-corrected chi connectivity index (χ1v) is 7.84. The minimum atomic E-state index is 0.149. The van der Waals surface area contributed by atoms with Crippen molar-refractivity contribution in [1.29, 1.82) is 0 Å². The van der Waals surface area contributed by atoms with Gasteiger partial charge < -0.3 is 15.4 Å². The minimum Gasteiger partial charge on any atom is -0.378 e. The Morgan fingerprint density at radius 3 is 2.68 bits per heavy atom. The van der Waals surface area contributed by atoms with Crippen molar-refractivity contribution in [2.24, 2.45) is 5.41 Å². The van der Waals surface area contributed by atoms with Gasteiger partial charge in [-0.3, -0.25) is 4.79 Å². The highest BCUT2D eigenvalue weighted by Gasteiger charge is 2.56. The number of nitrogens with one attached hydrogen (secondary N) is 2. The molecule has 0 bridgehead atoms. The fourth-order valence-electron chi connectivity index (χ4n) is 3.82. The topological polar surface area (TPSA) is 50.4 Å². The first-order chi connectivity index (χ1) is 9.23. The molecule has 0 aromatic carbocycles. The van der Waals surface area contributed by atoms with E-state index in [0.717, 1.165) is 26.1 Å². The molecule has 4 heteroatoms. The van der Waals surface area contributed by atoms with Gasteiger partial charge in [-0.05, 0) is 33.1 Å². The molecule has 2 aliphatic rings. The molecule has 110 valence electrons. The standard InChI is InChI=1S/C15H28N2O2/c1-3-16-14(18)7-10-17-12-11-13(19-4-2)15(12)8-5-6-9-15/h12-13,17H,3-11H2,1-2H3,(H,16,18). The molecule has 0 heterocycles. The van der Waals surface area contributed by atoms with E-state index in [2.05, 4.69) is 17.6 Å². The minimum absolute atomic E-state index is 0.149. The molecule has 0 aromatic rings. The molecule has 0 aliphatic heterocycles. The van der Waals surface area contributed by atoms with Gasteiger partial charge in [0.05, 0.1) is 6.10 Å². The second kappa shape index (κ2) is 6.71. The van der Waals surface area contributed by atoms with E-state index in [4.69, 9.17) is 4.74 Å². The van der Waals surface area contributed by atoms with Crippen LogP contribution in [-0.4, -0.2) is 37.7 Å². The van der Waals surface area contributed by atoms with Gasteiger partial charge >= 0.3 is 0 Å². The summed E-state index contributed by atoms with van der Waals surface area (Å²) in [6.07, 6.45) is 7.38. The summed E-state index contributed by atoms with van der Waals surface area (Å²) in [4.78, 5) is 11.4. The van der Waals surface area contributed by atoms with Crippen molar-refractivity contribution < 1.29 is 9.53 Å². The Morgan fingerprint density at radius 2 is 2.05 bits per heavy atom. The van der Waals surface area contributed by atoms with Crippen molar-refractivity contribution in [2.75, 3.05) is 19.7 Å². The lowest BCUT2D eigenvalue weighted by Gasteiger charge is -2.54. The Labute approximate surface area is 116 Å². The van der Waals surface area contributed by atoms with E-state index in [9.17, 15) is 4.79 Å². The zero-order valence-corrected chi connectivity index (χ0v) is 12.3. The Kier molecular flexibility index (Phi) is 5.22. The van der Waals surface area contributed by atoms with Gasteiger partial charge in [-0.25, -0.2) is 0 Å². The van der Waals surface area contributed by atoms with Gasteiger partial charge in [0.25, 0.3) is 0 Å². The number of hydrogen-bond donors (Lipinski definition) is 2. The molecule has 1 spiro atoms. The lowest BCUT2D eigenvalue weighted by atomic mass is 9.60. The third-order valence-electron chi connectivity index (χ3n) is 4.80. The summed E-state index contributed by atoms with van der Waals surface area (Å²) < 4.78 is 5.89. The lowest BCUT2D eigenvalue weighted by molar-refractivity contribution is -0.131. The van der Waals surface area contributed by atoms with E-state index in [1.165, 1.54) is 25.7 Å². The van der Waals surface area contributed by atoms with Crippen LogP contribution in [0.2, 0.25) is 0 Å². The average Bonchev–Trinajstić information content (AvgIpc) is 2.89. The van der Waals surface area contributed by atoms with Crippen LogP contribution in [0.25, 0.3) is 0 Å². The van der Waals surface area contributed by atoms with E-state index in [1.807, 2.05) is 6.92 Å². The monoisotopic (exact) mass is 268 g/mol. The maximum atomic E-state index is 11.4. The van der Waals surface area contributed by atoms with Crippen LogP contribution in [0.3, 0.4) is 0 Å². The van der Waals surface area contributed by atoms with Crippen LogP contribution in [-0.2, 0) is 9.53 Å². The van der Waals surface area contributed by atoms with E-state index < -0.39 is 0 Å². The molecule has 2 rings (SSSR count). The largest absolute Gasteiger partial charge is 0.378 e. The molecule has 1 amide bonds. The Hall–Kier alpha value is -0.610. The fourth-order valence-corrected chi connectivity index (χ4v) is 3.82. The van der Waals surface area contributed by atoms with Gasteiger partial charge in [-0.2, -0.15) is 0 Å². The number of carbonyl (C=O) groups is 1. The molecule has 2 aliphatic carbocycles. The van der Waals surface area contributed by atoms with Crippen LogP contribution >= 0.6 is 0 Å². The van der Waals surface area contributed by atoms with E-state index in [1.54, 1.807) is 0 Å². The molecule has 2 saturated carbocycles. The zero-order chi connectivity index (χ0) is 13.7. The van der Waals surface area contributed by atoms with Crippen LogP contribution in [0, 0.1) is 5.41 Å². The predicted octanol–water partition coefficient (Wildman–Crippen LogP) is 1.84. The highest BCUT2D eigenvalue weighted by Crippen LogP contribution is 2.54. The van der Waals surface area contributed by atoms with Gasteiger partial charge in [0, 0.05) is 37.6 Å².